The van der Waals surface area contributed by atoms with Gasteiger partial charge in [-0.05, 0) is 19.8 Å². The highest BCUT2D eigenvalue weighted by atomic mass is 35.5. The molecule has 2 unspecified atom stereocenters. The number of anilines is 1. The Morgan fingerprint density at radius 1 is 1.44 bits per heavy atom. The standard InChI is InChI=1S/C11H14ClN3S/c1-7-13-10(12)6-11(14-7)15-4-5-16-9-3-2-8(9)15/h6,8-9H,2-5H2,1H3. The highest BCUT2D eigenvalue weighted by Crippen LogP contribution is 2.40. The van der Waals surface area contributed by atoms with Gasteiger partial charge in [0.2, 0.25) is 0 Å². The monoisotopic (exact) mass is 255 g/mol. The summed E-state index contributed by atoms with van der Waals surface area (Å²) in [5.74, 6) is 2.96. The van der Waals surface area contributed by atoms with E-state index in [2.05, 4.69) is 26.6 Å². The van der Waals surface area contributed by atoms with E-state index in [4.69, 9.17) is 11.6 Å². The van der Waals surface area contributed by atoms with Gasteiger partial charge in [0, 0.05) is 29.7 Å². The zero-order valence-electron chi connectivity index (χ0n) is 9.19. The minimum atomic E-state index is 0.552. The Kier molecular flexibility index (Phi) is 2.72. The van der Waals surface area contributed by atoms with E-state index in [0.717, 1.165) is 23.4 Å². The van der Waals surface area contributed by atoms with Gasteiger partial charge >= 0.3 is 0 Å². The zero-order chi connectivity index (χ0) is 11.1. The number of hydrogen-bond acceptors (Lipinski definition) is 4. The second-order valence-electron chi connectivity index (χ2n) is 4.34. The van der Waals surface area contributed by atoms with Crippen LogP contribution in [-0.2, 0) is 0 Å². The normalized spacial score (nSPS) is 28.5. The lowest BCUT2D eigenvalue weighted by Gasteiger charge is -2.48. The van der Waals surface area contributed by atoms with E-state index in [0.29, 0.717) is 11.2 Å². The molecule has 0 radical (unpaired) electrons. The summed E-state index contributed by atoms with van der Waals surface area (Å²) in [5, 5.41) is 1.36. The topological polar surface area (TPSA) is 29.0 Å². The van der Waals surface area contributed by atoms with E-state index in [9.17, 15) is 0 Å². The summed E-state index contributed by atoms with van der Waals surface area (Å²) >= 11 is 8.09. The lowest BCUT2D eigenvalue weighted by atomic mass is 9.90. The van der Waals surface area contributed by atoms with Crippen LogP contribution in [0.15, 0.2) is 6.07 Å². The first-order valence-electron chi connectivity index (χ1n) is 5.63. The highest BCUT2D eigenvalue weighted by Gasteiger charge is 2.39. The number of fused-ring (bicyclic) bond motifs is 1. The Labute approximate surface area is 105 Å². The summed E-state index contributed by atoms with van der Waals surface area (Å²) < 4.78 is 0. The Morgan fingerprint density at radius 3 is 3.00 bits per heavy atom. The molecule has 3 rings (SSSR count). The third-order valence-electron chi connectivity index (χ3n) is 3.33. The molecule has 2 fully saturated rings. The van der Waals surface area contributed by atoms with Gasteiger partial charge in [-0.1, -0.05) is 11.6 Å². The molecule has 1 aromatic heterocycles. The third-order valence-corrected chi connectivity index (χ3v) is 4.92. The van der Waals surface area contributed by atoms with Crippen molar-refractivity contribution in [2.45, 2.75) is 31.1 Å². The van der Waals surface area contributed by atoms with Gasteiger partial charge in [-0.2, -0.15) is 11.8 Å². The summed E-state index contributed by atoms with van der Waals surface area (Å²) in [6, 6.07) is 2.56. The van der Waals surface area contributed by atoms with Gasteiger partial charge in [0.05, 0.1) is 0 Å². The lowest BCUT2D eigenvalue weighted by molar-refractivity contribution is 0.394. The predicted molar refractivity (Wildman–Crippen MR) is 68.4 cm³/mol. The molecule has 1 aromatic rings. The quantitative estimate of drug-likeness (QED) is 0.721. The van der Waals surface area contributed by atoms with E-state index < -0.39 is 0 Å². The predicted octanol–water partition coefficient (Wildman–Crippen LogP) is 2.52. The molecule has 5 heteroatoms. The van der Waals surface area contributed by atoms with Gasteiger partial charge < -0.3 is 4.90 Å². The Bertz CT molecular complexity index is 392. The molecule has 3 nitrogen and oxygen atoms in total. The Morgan fingerprint density at radius 2 is 2.31 bits per heavy atom. The average Bonchev–Trinajstić information content (AvgIpc) is 2.18. The largest absolute Gasteiger partial charge is 0.352 e. The molecule has 16 heavy (non-hydrogen) atoms. The number of hydrogen-bond donors (Lipinski definition) is 0. The van der Waals surface area contributed by atoms with Crippen molar-refractivity contribution < 1.29 is 0 Å². The fourth-order valence-corrected chi connectivity index (χ4v) is 4.05. The average molecular weight is 256 g/mol. The number of aryl methyl sites for hydroxylation is 1. The zero-order valence-corrected chi connectivity index (χ0v) is 10.8. The van der Waals surface area contributed by atoms with Crippen molar-refractivity contribution in [3.63, 3.8) is 0 Å². The van der Waals surface area contributed by atoms with Crippen molar-refractivity contribution in [3.8, 4) is 0 Å². The van der Waals surface area contributed by atoms with Crippen LogP contribution in [0.5, 0.6) is 0 Å². The third kappa shape index (κ3) is 1.78. The van der Waals surface area contributed by atoms with Gasteiger partial charge in [0.1, 0.15) is 16.8 Å². The van der Waals surface area contributed by atoms with E-state index in [1.54, 1.807) is 0 Å². The van der Waals surface area contributed by atoms with Crippen molar-refractivity contribution in [2.75, 3.05) is 17.2 Å². The molecular weight excluding hydrogens is 242 g/mol. The van der Waals surface area contributed by atoms with Crippen molar-refractivity contribution in [3.05, 3.63) is 17.0 Å². The smallest absolute Gasteiger partial charge is 0.134 e. The van der Waals surface area contributed by atoms with E-state index >= 15 is 0 Å². The molecule has 0 bridgehead atoms. The second kappa shape index (κ2) is 4.08. The molecular formula is C11H14ClN3S. The van der Waals surface area contributed by atoms with Crippen LogP contribution in [0.4, 0.5) is 5.82 Å². The number of halogens is 1. The first-order chi connectivity index (χ1) is 7.74. The summed E-state index contributed by atoms with van der Waals surface area (Å²) in [5.41, 5.74) is 0. The molecule has 2 atom stereocenters. The number of aromatic nitrogens is 2. The molecule has 2 heterocycles. The molecule has 1 saturated carbocycles. The van der Waals surface area contributed by atoms with Crippen LogP contribution in [0.2, 0.25) is 5.15 Å². The molecule has 0 N–H and O–H groups in total. The maximum Gasteiger partial charge on any atom is 0.134 e. The molecule has 1 saturated heterocycles. The molecule has 0 spiro atoms. The van der Waals surface area contributed by atoms with Crippen molar-refractivity contribution in [2.24, 2.45) is 0 Å². The number of nitrogens with zero attached hydrogens (tertiary/aromatic N) is 3. The van der Waals surface area contributed by atoms with Crippen LogP contribution < -0.4 is 4.90 Å². The maximum atomic E-state index is 5.99. The first kappa shape index (κ1) is 10.7. The number of thioether (sulfide) groups is 1. The summed E-state index contributed by atoms with van der Waals surface area (Å²) in [6.07, 6.45) is 2.64. The van der Waals surface area contributed by atoms with Crippen LogP contribution in [0.3, 0.4) is 0 Å². The van der Waals surface area contributed by atoms with Crippen LogP contribution in [0, 0.1) is 6.92 Å². The van der Waals surface area contributed by atoms with Gasteiger partial charge in [0.15, 0.2) is 0 Å². The van der Waals surface area contributed by atoms with E-state index in [-0.39, 0.29) is 0 Å². The molecule has 1 aliphatic heterocycles. The fraction of sp³-hybridized carbons (Fsp3) is 0.636. The maximum absolute atomic E-state index is 5.99. The SMILES string of the molecule is Cc1nc(Cl)cc(N2CCSC3CCC32)n1. The Hall–Kier alpha value is -0.480. The molecule has 86 valence electrons. The second-order valence-corrected chi connectivity index (χ2v) is 6.08. The first-order valence-corrected chi connectivity index (χ1v) is 7.06. The van der Waals surface area contributed by atoms with Crippen molar-refractivity contribution in [1.29, 1.82) is 0 Å². The molecule has 0 aromatic carbocycles. The summed E-state index contributed by atoms with van der Waals surface area (Å²) in [4.78, 5) is 11.0. The summed E-state index contributed by atoms with van der Waals surface area (Å²) in [7, 11) is 0. The Balaban J connectivity index is 1.90. The highest BCUT2D eigenvalue weighted by molar-refractivity contribution is 8.00. The minimum Gasteiger partial charge on any atom is -0.352 e. The van der Waals surface area contributed by atoms with Crippen LogP contribution in [-0.4, -0.2) is 33.6 Å². The molecule has 1 aliphatic carbocycles. The molecule has 2 aliphatic rings. The van der Waals surface area contributed by atoms with E-state index in [1.165, 1.54) is 18.6 Å². The lowest BCUT2D eigenvalue weighted by Crippen LogP contribution is -2.54. The van der Waals surface area contributed by atoms with Crippen molar-refractivity contribution in [1.82, 2.24) is 9.97 Å². The fourth-order valence-electron chi connectivity index (χ4n) is 2.42. The van der Waals surface area contributed by atoms with Gasteiger partial charge in [-0.15, -0.1) is 0 Å². The number of rotatable bonds is 1. The van der Waals surface area contributed by atoms with Crippen LogP contribution in [0.1, 0.15) is 18.7 Å². The van der Waals surface area contributed by atoms with Crippen molar-refractivity contribution >= 4 is 29.2 Å². The van der Waals surface area contributed by atoms with Gasteiger partial charge in [0.25, 0.3) is 0 Å². The minimum absolute atomic E-state index is 0.552. The van der Waals surface area contributed by atoms with Gasteiger partial charge in [-0.25, -0.2) is 9.97 Å². The van der Waals surface area contributed by atoms with Gasteiger partial charge in [-0.3, -0.25) is 0 Å². The van der Waals surface area contributed by atoms with Crippen LogP contribution >= 0.6 is 23.4 Å². The summed E-state index contributed by atoms with van der Waals surface area (Å²) in [6.45, 7) is 2.98. The molecule has 0 amide bonds. The van der Waals surface area contributed by atoms with E-state index in [1.807, 2.05) is 13.0 Å². The van der Waals surface area contributed by atoms with Crippen LogP contribution in [0.25, 0.3) is 0 Å².